The lowest BCUT2D eigenvalue weighted by atomic mass is 10.1. The number of halogens is 6. The quantitative estimate of drug-likeness (QED) is 0.250. The van der Waals surface area contributed by atoms with Gasteiger partial charge < -0.3 is 4.74 Å². The Morgan fingerprint density at radius 1 is 1.18 bits per heavy atom. The number of sulfonamides is 1. The number of benzene rings is 2. The maximum atomic E-state index is 13.6. The molecule has 0 bridgehead atoms. The first-order valence-electron chi connectivity index (χ1n) is 9.20. The van der Waals surface area contributed by atoms with Crippen LogP contribution < -0.4 is 4.72 Å². The van der Waals surface area contributed by atoms with Crippen molar-refractivity contribution in [2.24, 2.45) is 0 Å². The molecule has 0 amide bonds. The molecule has 13 heteroatoms. The van der Waals surface area contributed by atoms with Crippen LogP contribution >= 0.6 is 39.1 Å². The van der Waals surface area contributed by atoms with Crippen molar-refractivity contribution < 1.29 is 31.1 Å². The summed E-state index contributed by atoms with van der Waals surface area (Å²) < 4.78 is 74.0. The third-order valence-corrected chi connectivity index (χ3v) is 7.20. The molecule has 3 aromatic rings. The van der Waals surface area contributed by atoms with Gasteiger partial charge in [-0.15, -0.1) is 0 Å². The van der Waals surface area contributed by atoms with Gasteiger partial charge in [-0.1, -0.05) is 57.3 Å². The smallest absolute Gasteiger partial charge is 0.361 e. The lowest BCUT2D eigenvalue weighted by molar-refractivity contribution is -0.139. The predicted octanol–water partition coefficient (Wildman–Crippen LogP) is 6.43. The number of alkyl halides is 4. The molecular formula is C21H14BrCl2F3N2O4S. The summed E-state index contributed by atoms with van der Waals surface area (Å²) in [6.07, 6.45) is -3.77. The van der Waals surface area contributed by atoms with Crippen molar-refractivity contribution >= 4 is 60.6 Å². The van der Waals surface area contributed by atoms with Crippen LogP contribution in [0.4, 0.5) is 18.9 Å². The van der Waals surface area contributed by atoms with Crippen molar-refractivity contribution in [3.05, 3.63) is 86.6 Å². The van der Waals surface area contributed by atoms with E-state index in [1.165, 1.54) is 6.07 Å². The van der Waals surface area contributed by atoms with Crippen LogP contribution in [-0.4, -0.2) is 26.3 Å². The largest absolute Gasteiger partial charge is 0.416 e. The second kappa shape index (κ2) is 10.2. The van der Waals surface area contributed by atoms with Crippen molar-refractivity contribution in [1.29, 1.82) is 0 Å². The molecule has 2 aromatic carbocycles. The number of ketones is 1. The SMILES string of the molecule is COC(Cl)c1ccc(S(=O)(=O)Nc2cc(Cl)cnc2C(=O)c2ccccc2Br)cc1C(F)(F)F. The van der Waals surface area contributed by atoms with E-state index in [0.29, 0.717) is 10.5 Å². The van der Waals surface area contributed by atoms with E-state index in [1.54, 1.807) is 18.2 Å². The molecule has 1 N–H and O–H groups in total. The fourth-order valence-corrected chi connectivity index (χ4v) is 4.84. The van der Waals surface area contributed by atoms with E-state index in [0.717, 1.165) is 31.5 Å². The molecule has 0 aliphatic carbocycles. The number of carbonyl (C=O) groups is 1. The Bertz CT molecular complexity index is 1350. The van der Waals surface area contributed by atoms with Crippen LogP contribution in [0.3, 0.4) is 0 Å². The molecule has 6 nitrogen and oxygen atoms in total. The molecule has 3 rings (SSSR count). The second-order valence-electron chi connectivity index (χ2n) is 6.76. The molecule has 180 valence electrons. The summed E-state index contributed by atoms with van der Waals surface area (Å²) in [5, 5.41) is -0.00205. The van der Waals surface area contributed by atoms with Crippen molar-refractivity contribution in [1.82, 2.24) is 4.98 Å². The summed E-state index contributed by atoms with van der Waals surface area (Å²) in [5.74, 6) is -0.641. The lowest BCUT2D eigenvalue weighted by Crippen LogP contribution is -2.19. The van der Waals surface area contributed by atoms with E-state index in [9.17, 15) is 26.4 Å². The first-order chi connectivity index (χ1) is 15.8. The zero-order chi connectivity index (χ0) is 25.3. The third-order valence-electron chi connectivity index (χ3n) is 4.52. The normalized spacial score (nSPS) is 12.9. The minimum absolute atomic E-state index is 0.00205. The molecule has 1 atom stereocenters. The fraction of sp³-hybridized carbons (Fsp3) is 0.143. The van der Waals surface area contributed by atoms with Crippen LogP contribution in [0.15, 0.2) is 64.1 Å². The summed E-state index contributed by atoms with van der Waals surface area (Å²) in [6, 6.07) is 9.79. The molecule has 0 saturated heterocycles. The molecule has 0 aliphatic rings. The summed E-state index contributed by atoms with van der Waals surface area (Å²) in [5.41, 5.74) is -3.61. The maximum Gasteiger partial charge on any atom is 0.416 e. The number of ether oxygens (including phenoxy) is 1. The summed E-state index contributed by atoms with van der Waals surface area (Å²) >= 11 is 15.0. The van der Waals surface area contributed by atoms with Crippen LogP contribution in [0.2, 0.25) is 5.02 Å². The highest BCUT2D eigenvalue weighted by atomic mass is 79.9. The number of hydrogen-bond donors (Lipinski definition) is 1. The van der Waals surface area contributed by atoms with Gasteiger partial charge in [0.05, 0.1) is 21.2 Å². The van der Waals surface area contributed by atoms with E-state index in [-0.39, 0.29) is 22.0 Å². The average Bonchev–Trinajstić information content (AvgIpc) is 2.77. The Balaban J connectivity index is 2.07. The summed E-state index contributed by atoms with van der Waals surface area (Å²) in [6.45, 7) is 0. The molecule has 0 fully saturated rings. The molecule has 0 spiro atoms. The van der Waals surface area contributed by atoms with E-state index >= 15 is 0 Å². The molecule has 1 heterocycles. The van der Waals surface area contributed by atoms with Crippen LogP contribution in [0.25, 0.3) is 0 Å². The molecule has 0 aliphatic heterocycles. The topological polar surface area (TPSA) is 85.4 Å². The predicted molar refractivity (Wildman–Crippen MR) is 125 cm³/mol. The summed E-state index contributed by atoms with van der Waals surface area (Å²) in [7, 11) is -3.50. The van der Waals surface area contributed by atoms with Crippen molar-refractivity contribution in [3.63, 3.8) is 0 Å². The number of hydrogen-bond acceptors (Lipinski definition) is 5. The summed E-state index contributed by atoms with van der Waals surface area (Å²) in [4.78, 5) is 16.2. The van der Waals surface area contributed by atoms with Gasteiger partial charge in [0, 0.05) is 28.9 Å². The number of pyridine rings is 1. The molecule has 1 unspecified atom stereocenters. The Morgan fingerprint density at radius 2 is 1.85 bits per heavy atom. The van der Waals surface area contributed by atoms with Crippen molar-refractivity contribution in [2.45, 2.75) is 16.6 Å². The van der Waals surface area contributed by atoms with Gasteiger partial charge in [-0.25, -0.2) is 13.4 Å². The molecule has 0 saturated carbocycles. The number of nitrogens with one attached hydrogen (secondary N) is 1. The number of nitrogens with zero attached hydrogens (tertiary/aromatic N) is 1. The maximum absolute atomic E-state index is 13.6. The highest BCUT2D eigenvalue weighted by Gasteiger charge is 2.36. The van der Waals surface area contributed by atoms with Gasteiger partial charge in [-0.3, -0.25) is 9.52 Å². The van der Waals surface area contributed by atoms with Gasteiger partial charge in [0.2, 0.25) is 5.78 Å². The highest BCUT2D eigenvalue weighted by molar-refractivity contribution is 9.10. The van der Waals surface area contributed by atoms with Crippen molar-refractivity contribution in [3.8, 4) is 0 Å². The second-order valence-corrected chi connectivity index (χ2v) is 10.1. The van der Waals surface area contributed by atoms with E-state index < -0.39 is 43.6 Å². The van der Waals surface area contributed by atoms with E-state index in [2.05, 4.69) is 25.6 Å². The zero-order valence-corrected chi connectivity index (χ0v) is 20.9. The third kappa shape index (κ3) is 5.72. The molecule has 0 radical (unpaired) electrons. The average molecular weight is 598 g/mol. The highest BCUT2D eigenvalue weighted by Crippen LogP contribution is 2.38. The molecule has 34 heavy (non-hydrogen) atoms. The van der Waals surface area contributed by atoms with Crippen LogP contribution in [0.5, 0.6) is 0 Å². The van der Waals surface area contributed by atoms with E-state index in [1.807, 2.05) is 0 Å². The van der Waals surface area contributed by atoms with Gasteiger partial charge >= 0.3 is 6.18 Å². The first-order valence-corrected chi connectivity index (χ1v) is 12.3. The van der Waals surface area contributed by atoms with Gasteiger partial charge in [0.1, 0.15) is 5.69 Å². The first kappa shape index (κ1) is 26.4. The van der Waals surface area contributed by atoms with Crippen LogP contribution in [0.1, 0.15) is 32.7 Å². The monoisotopic (exact) mass is 596 g/mol. The minimum atomic E-state index is -4.91. The Hall–Kier alpha value is -2.18. The number of anilines is 1. The standard InChI is InChI=1S/C21H14BrCl2F3N2O4S/c1-33-20(24)13-7-6-12(9-15(13)21(25,26)27)34(31,32)29-17-8-11(23)10-28-18(17)19(30)14-4-2-3-5-16(14)22/h2-10,20,29H,1H3. The minimum Gasteiger partial charge on any atom is -0.361 e. The van der Waals surface area contributed by atoms with E-state index in [4.69, 9.17) is 27.9 Å². The van der Waals surface area contributed by atoms with Crippen LogP contribution in [-0.2, 0) is 20.9 Å². The van der Waals surface area contributed by atoms with Crippen molar-refractivity contribution in [2.75, 3.05) is 11.8 Å². The fourth-order valence-electron chi connectivity index (χ4n) is 2.95. The molecular weight excluding hydrogens is 584 g/mol. The van der Waals surface area contributed by atoms with Gasteiger partial charge in [-0.05, 0) is 30.3 Å². The number of methoxy groups -OCH3 is 1. The Kier molecular flexibility index (Phi) is 7.93. The Labute approximate surface area is 211 Å². The number of aromatic nitrogens is 1. The number of rotatable bonds is 7. The van der Waals surface area contributed by atoms with Gasteiger partial charge in [0.25, 0.3) is 10.0 Å². The lowest BCUT2D eigenvalue weighted by Gasteiger charge is -2.18. The van der Waals surface area contributed by atoms with Crippen LogP contribution in [0, 0.1) is 0 Å². The van der Waals surface area contributed by atoms with Gasteiger partial charge in [-0.2, -0.15) is 13.2 Å². The van der Waals surface area contributed by atoms with Gasteiger partial charge in [0.15, 0.2) is 5.56 Å². The zero-order valence-electron chi connectivity index (χ0n) is 17.0. The Morgan fingerprint density at radius 3 is 2.47 bits per heavy atom. The molecule has 1 aromatic heterocycles. The number of carbonyl (C=O) groups excluding carboxylic acids is 1.